The van der Waals surface area contributed by atoms with Crippen molar-refractivity contribution in [1.82, 2.24) is 10.2 Å². The number of rotatable bonds is 4. The van der Waals surface area contributed by atoms with Crippen molar-refractivity contribution in [3.63, 3.8) is 0 Å². The van der Waals surface area contributed by atoms with Crippen LogP contribution >= 0.6 is 11.6 Å². The Labute approximate surface area is 162 Å². The first-order chi connectivity index (χ1) is 12.6. The first-order valence-electron chi connectivity index (χ1n) is 8.46. The fourth-order valence-corrected chi connectivity index (χ4v) is 2.94. The van der Waals surface area contributed by atoms with Gasteiger partial charge in [0.2, 0.25) is 5.88 Å². The van der Waals surface area contributed by atoms with E-state index in [0.717, 1.165) is 6.07 Å². The highest BCUT2D eigenvalue weighted by atomic mass is 35.5. The van der Waals surface area contributed by atoms with Crippen molar-refractivity contribution in [1.29, 1.82) is 0 Å². The van der Waals surface area contributed by atoms with Crippen LogP contribution in [0.15, 0.2) is 24.3 Å². The molecule has 0 radical (unpaired) electrons. The standard InChI is InChI=1S/C18H21BClFN2O4/c1-17(2)18(3,4)27-19(26-17)11-8-10(12(20)9-13(11)21)16(24)14-6-7-15(25-5)23-22-14/h6-9,16,24H,1-5H3. The molecule has 1 aromatic heterocycles. The lowest BCUT2D eigenvalue weighted by Gasteiger charge is -2.32. The molecule has 0 spiro atoms. The van der Waals surface area contributed by atoms with Gasteiger partial charge in [0.1, 0.15) is 11.9 Å². The van der Waals surface area contributed by atoms with Crippen LogP contribution in [0, 0.1) is 5.82 Å². The number of aromatic nitrogens is 2. The Balaban J connectivity index is 1.97. The van der Waals surface area contributed by atoms with Crippen LogP contribution in [0.5, 0.6) is 5.88 Å². The molecule has 0 saturated carbocycles. The van der Waals surface area contributed by atoms with Crippen molar-refractivity contribution < 1.29 is 23.5 Å². The second-order valence-corrected chi connectivity index (χ2v) is 7.79. The fourth-order valence-electron chi connectivity index (χ4n) is 2.69. The second-order valence-electron chi connectivity index (χ2n) is 7.39. The van der Waals surface area contributed by atoms with Crippen molar-refractivity contribution >= 4 is 24.2 Å². The van der Waals surface area contributed by atoms with Gasteiger partial charge in [-0.05, 0) is 39.8 Å². The highest BCUT2D eigenvalue weighted by molar-refractivity contribution is 6.62. The smallest absolute Gasteiger partial charge is 0.480 e. The molecular weight excluding hydrogens is 373 g/mol. The van der Waals surface area contributed by atoms with Gasteiger partial charge in [-0.2, -0.15) is 0 Å². The Bertz CT molecular complexity index is 832. The predicted octanol–water partition coefficient (Wildman–Crippen LogP) is 2.66. The first-order valence-corrected chi connectivity index (χ1v) is 8.83. The molecule has 6 nitrogen and oxygen atoms in total. The molecule has 9 heteroatoms. The Morgan fingerprint density at radius 1 is 1.15 bits per heavy atom. The van der Waals surface area contributed by atoms with E-state index in [0.29, 0.717) is 5.88 Å². The van der Waals surface area contributed by atoms with Gasteiger partial charge in [-0.15, -0.1) is 10.2 Å². The molecule has 0 aliphatic carbocycles. The number of hydrogen-bond donors (Lipinski definition) is 1. The molecule has 2 heterocycles. The number of ether oxygens (including phenoxy) is 1. The molecule has 1 aliphatic rings. The molecule has 2 aromatic rings. The molecule has 0 bridgehead atoms. The summed E-state index contributed by atoms with van der Waals surface area (Å²) in [6.45, 7) is 7.51. The van der Waals surface area contributed by atoms with Crippen molar-refractivity contribution in [3.8, 4) is 5.88 Å². The van der Waals surface area contributed by atoms with Crippen LogP contribution in [0.25, 0.3) is 0 Å². The number of halogens is 2. The van der Waals surface area contributed by atoms with E-state index in [1.807, 2.05) is 27.7 Å². The molecule has 1 aliphatic heterocycles. The summed E-state index contributed by atoms with van der Waals surface area (Å²) >= 11 is 6.17. The van der Waals surface area contributed by atoms with Crippen LogP contribution < -0.4 is 10.2 Å². The zero-order valence-corrected chi connectivity index (χ0v) is 16.5. The molecule has 144 valence electrons. The van der Waals surface area contributed by atoms with E-state index in [9.17, 15) is 9.50 Å². The summed E-state index contributed by atoms with van der Waals surface area (Å²) in [6, 6.07) is 5.70. The summed E-state index contributed by atoms with van der Waals surface area (Å²) in [5, 5.41) is 18.5. The normalized spacial score (nSPS) is 19.2. The molecule has 27 heavy (non-hydrogen) atoms. The minimum Gasteiger partial charge on any atom is -0.480 e. The molecule has 1 saturated heterocycles. The Kier molecular flexibility index (Phi) is 5.20. The minimum atomic E-state index is -1.20. The molecule has 1 N–H and O–H groups in total. The third-order valence-corrected chi connectivity index (χ3v) is 5.40. The predicted molar refractivity (Wildman–Crippen MR) is 99.8 cm³/mol. The van der Waals surface area contributed by atoms with Gasteiger partial charge in [-0.1, -0.05) is 17.7 Å². The monoisotopic (exact) mass is 394 g/mol. The van der Waals surface area contributed by atoms with Crippen LogP contribution in [0.1, 0.15) is 45.1 Å². The number of nitrogens with zero attached hydrogens (tertiary/aromatic N) is 2. The van der Waals surface area contributed by atoms with Gasteiger partial charge in [0.25, 0.3) is 0 Å². The lowest BCUT2D eigenvalue weighted by Crippen LogP contribution is -2.41. The Hall–Kier alpha value is -1.74. The van der Waals surface area contributed by atoms with Crippen molar-refractivity contribution in [2.45, 2.75) is 45.0 Å². The highest BCUT2D eigenvalue weighted by Crippen LogP contribution is 2.37. The summed E-state index contributed by atoms with van der Waals surface area (Å²) in [5.41, 5.74) is -0.548. The summed E-state index contributed by atoms with van der Waals surface area (Å²) in [6.07, 6.45) is -1.20. The van der Waals surface area contributed by atoms with Crippen LogP contribution in [0.4, 0.5) is 4.39 Å². The van der Waals surface area contributed by atoms with Gasteiger partial charge in [-0.3, -0.25) is 0 Å². The van der Waals surface area contributed by atoms with Crippen LogP contribution in [-0.2, 0) is 9.31 Å². The van der Waals surface area contributed by atoms with Crippen LogP contribution in [0.3, 0.4) is 0 Å². The second kappa shape index (κ2) is 7.02. The maximum absolute atomic E-state index is 14.6. The number of benzene rings is 1. The zero-order valence-electron chi connectivity index (χ0n) is 15.8. The maximum atomic E-state index is 14.6. The van der Waals surface area contributed by atoms with Crippen molar-refractivity contribution in [3.05, 3.63) is 46.4 Å². The number of aliphatic hydroxyl groups is 1. The lowest BCUT2D eigenvalue weighted by atomic mass is 9.77. The van der Waals surface area contributed by atoms with Crippen LogP contribution in [-0.4, -0.2) is 40.7 Å². The highest BCUT2D eigenvalue weighted by Gasteiger charge is 2.52. The molecule has 1 atom stereocenters. The lowest BCUT2D eigenvalue weighted by molar-refractivity contribution is 0.00578. The zero-order chi connectivity index (χ0) is 20.0. The number of hydrogen-bond acceptors (Lipinski definition) is 6. The van der Waals surface area contributed by atoms with E-state index in [4.69, 9.17) is 25.6 Å². The van der Waals surface area contributed by atoms with Gasteiger partial charge in [-0.25, -0.2) is 4.39 Å². The summed E-state index contributed by atoms with van der Waals surface area (Å²) in [7, 11) is 0.550. The van der Waals surface area contributed by atoms with Crippen molar-refractivity contribution in [2.24, 2.45) is 0 Å². The van der Waals surface area contributed by atoms with Crippen molar-refractivity contribution in [2.75, 3.05) is 7.11 Å². The van der Waals surface area contributed by atoms with Gasteiger partial charge >= 0.3 is 7.12 Å². The third-order valence-electron chi connectivity index (χ3n) is 5.07. The quantitative estimate of drug-likeness (QED) is 0.804. The van der Waals surface area contributed by atoms with Gasteiger partial charge in [0, 0.05) is 22.1 Å². The molecule has 1 aromatic carbocycles. The summed E-state index contributed by atoms with van der Waals surface area (Å²) in [4.78, 5) is 0. The average Bonchev–Trinajstić information content (AvgIpc) is 2.82. The van der Waals surface area contributed by atoms with E-state index in [2.05, 4.69) is 10.2 Å². The Morgan fingerprint density at radius 2 is 1.78 bits per heavy atom. The molecule has 1 fully saturated rings. The summed E-state index contributed by atoms with van der Waals surface area (Å²) in [5.74, 6) is -0.260. The van der Waals surface area contributed by atoms with E-state index >= 15 is 0 Å². The molecule has 0 amide bonds. The van der Waals surface area contributed by atoms with E-state index in [1.165, 1.54) is 13.2 Å². The molecule has 3 rings (SSSR count). The topological polar surface area (TPSA) is 73.7 Å². The van der Waals surface area contributed by atoms with E-state index in [-0.39, 0.29) is 21.7 Å². The number of aliphatic hydroxyl groups excluding tert-OH is 1. The minimum absolute atomic E-state index is 0.0675. The molecular formula is C18H21BClFN2O4. The maximum Gasteiger partial charge on any atom is 0.497 e. The summed E-state index contributed by atoms with van der Waals surface area (Å²) < 4.78 is 31.4. The van der Waals surface area contributed by atoms with Gasteiger partial charge < -0.3 is 19.2 Å². The fraction of sp³-hybridized carbons (Fsp3) is 0.444. The first kappa shape index (κ1) is 20.0. The average molecular weight is 395 g/mol. The van der Waals surface area contributed by atoms with E-state index in [1.54, 1.807) is 12.1 Å². The Morgan fingerprint density at radius 3 is 2.30 bits per heavy atom. The number of methoxy groups -OCH3 is 1. The van der Waals surface area contributed by atoms with Gasteiger partial charge in [0.15, 0.2) is 0 Å². The van der Waals surface area contributed by atoms with Gasteiger partial charge in [0.05, 0.1) is 24.0 Å². The van der Waals surface area contributed by atoms with E-state index < -0.39 is 30.2 Å². The largest absolute Gasteiger partial charge is 0.497 e. The molecule has 1 unspecified atom stereocenters. The van der Waals surface area contributed by atoms with Crippen LogP contribution in [0.2, 0.25) is 5.02 Å². The SMILES string of the molecule is COc1ccc(C(O)c2cc(B3OC(C)(C)C(C)(C)O3)c(F)cc2Cl)nn1. The third kappa shape index (κ3) is 3.67.